The largest absolute Gasteiger partial charge is 0.481 e. The standard InChI is InChI=1S/C18H24N2O6/c1-18(2,3)26-17(24)20-9-13(15(21)22)14(10-20)19-16(23)25-11-12-7-5-4-6-8-12/h4-8,13-14H,9-11H2,1-3H3,(H,19,23)(H,21,22)/t13-,14-/m0/s1. The molecule has 0 radical (unpaired) electrons. The van der Waals surface area contributed by atoms with Crippen molar-refractivity contribution in [2.24, 2.45) is 5.92 Å². The number of carboxylic acids is 1. The Morgan fingerprint density at radius 3 is 2.42 bits per heavy atom. The van der Waals surface area contributed by atoms with Gasteiger partial charge in [-0.1, -0.05) is 30.3 Å². The van der Waals surface area contributed by atoms with Gasteiger partial charge in [0.15, 0.2) is 0 Å². The summed E-state index contributed by atoms with van der Waals surface area (Å²) >= 11 is 0. The van der Waals surface area contributed by atoms with E-state index in [-0.39, 0.29) is 19.7 Å². The van der Waals surface area contributed by atoms with E-state index in [1.807, 2.05) is 30.3 Å². The van der Waals surface area contributed by atoms with Gasteiger partial charge in [-0.2, -0.15) is 0 Å². The molecule has 8 heteroatoms. The van der Waals surface area contributed by atoms with E-state index < -0.39 is 35.7 Å². The van der Waals surface area contributed by atoms with Gasteiger partial charge in [-0.25, -0.2) is 9.59 Å². The van der Waals surface area contributed by atoms with Crippen LogP contribution in [-0.2, 0) is 20.9 Å². The van der Waals surface area contributed by atoms with E-state index in [0.29, 0.717) is 0 Å². The molecule has 142 valence electrons. The van der Waals surface area contributed by atoms with Crippen LogP contribution < -0.4 is 5.32 Å². The second-order valence-electron chi connectivity index (χ2n) is 7.14. The molecule has 1 aromatic carbocycles. The summed E-state index contributed by atoms with van der Waals surface area (Å²) in [6, 6.07) is 8.38. The lowest BCUT2D eigenvalue weighted by atomic mass is 10.0. The minimum Gasteiger partial charge on any atom is -0.481 e. The first-order chi connectivity index (χ1) is 12.2. The summed E-state index contributed by atoms with van der Waals surface area (Å²) in [6.45, 7) is 5.28. The molecule has 0 aliphatic carbocycles. The van der Waals surface area contributed by atoms with Crippen molar-refractivity contribution in [1.29, 1.82) is 0 Å². The summed E-state index contributed by atoms with van der Waals surface area (Å²) in [5, 5.41) is 11.9. The van der Waals surface area contributed by atoms with Gasteiger partial charge in [-0.05, 0) is 26.3 Å². The first kappa shape index (κ1) is 19.6. The summed E-state index contributed by atoms with van der Waals surface area (Å²) < 4.78 is 10.4. The molecular formula is C18H24N2O6. The third-order valence-corrected chi connectivity index (χ3v) is 3.80. The molecule has 0 unspecified atom stereocenters. The van der Waals surface area contributed by atoms with Crippen LogP contribution in [0.3, 0.4) is 0 Å². The lowest BCUT2D eigenvalue weighted by Crippen LogP contribution is -2.43. The number of carboxylic acid groups (broad SMARTS) is 1. The smallest absolute Gasteiger partial charge is 0.410 e. The van der Waals surface area contributed by atoms with Crippen molar-refractivity contribution in [3.63, 3.8) is 0 Å². The molecular weight excluding hydrogens is 340 g/mol. The van der Waals surface area contributed by atoms with E-state index >= 15 is 0 Å². The molecule has 1 aliphatic heterocycles. The molecule has 2 rings (SSSR count). The van der Waals surface area contributed by atoms with E-state index in [1.54, 1.807) is 20.8 Å². The van der Waals surface area contributed by atoms with Gasteiger partial charge >= 0.3 is 18.2 Å². The Kier molecular flexibility index (Phi) is 6.07. The molecule has 8 nitrogen and oxygen atoms in total. The van der Waals surface area contributed by atoms with Gasteiger partial charge in [0.2, 0.25) is 0 Å². The van der Waals surface area contributed by atoms with Crippen molar-refractivity contribution < 1.29 is 29.0 Å². The number of alkyl carbamates (subject to hydrolysis) is 1. The highest BCUT2D eigenvalue weighted by atomic mass is 16.6. The van der Waals surface area contributed by atoms with E-state index in [1.165, 1.54) is 4.90 Å². The normalized spacial score (nSPS) is 19.7. The van der Waals surface area contributed by atoms with Crippen LogP contribution in [0.25, 0.3) is 0 Å². The van der Waals surface area contributed by atoms with Crippen LogP contribution >= 0.6 is 0 Å². The number of nitrogens with one attached hydrogen (secondary N) is 1. The molecule has 26 heavy (non-hydrogen) atoms. The maximum atomic E-state index is 12.1. The first-order valence-corrected chi connectivity index (χ1v) is 8.33. The zero-order valence-corrected chi connectivity index (χ0v) is 15.1. The van der Waals surface area contributed by atoms with Crippen molar-refractivity contribution in [3.05, 3.63) is 35.9 Å². The van der Waals surface area contributed by atoms with E-state index in [2.05, 4.69) is 5.32 Å². The van der Waals surface area contributed by atoms with Crippen molar-refractivity contribution >= 4 is 18.2 Å². The van der Waals surface area contributed by atoms with Crippen LogP contribution in [0.4, 0.5) is 9.59 Å². The van der Waals surface area contributed by atoms with Crippen LogP contribution in [0.2, 0.25) is 0 Å². The van der Waals surface area contributed by atoms with Crippen LogP contribution in [0, 0.1) is 5.92 Å². The average molecular weight is 364 g/mol. The monoisotopic (exact) mass is 364 g/mol. The number of amides is 2. The number of benzene rings is 1. The van der Waals surface area contributed by atoms with E-state index in [9.17, 15) is 19.5 Å². The highest BCUT2D eigenvalue weighted by Crippen LogP contribution is 2.20. The molecule has 0 saturated carbocycles. The number of nitrogens with zero attached hydrogens (tertiary/aromatic N) is 1. The highest BCUT2D eigenvalue weighted by molar-refractivity contribution is 5.77. The molecule has 1 aliphatic rings. The molecule has 2 N–H and O–H groups in total. The fourth-order valence-electron chi connectivity index (χ4n) is 2.59. The second-order valence-corrected chi connectivity index (χ2v) is 7.14. The Morgan fingerprint density at radius 1 is 1.19 bits per heavy atom. The molecule has 1 aromatic rings. The SMILES string of the molecule is CC(C)(C)OC(=O)N1C[C@H](NC(=O)OCc2ccccc2)[C@@H](C(=O)O)C1. The third-order valence-electron chi connectivity index (χ3n) is 3.80. The molecule has 2 atom stereocenters. The van der Waals surface area contributed by atoms with Gasteiger partial charge in [0.1, 0.15) is 12.2 Å². The molecule has 2 amide bonds. The Balaban J connectivity index is 1.92. The predicted octanol–water partition coefficient (Wildman–Crippen LogP) is 2.23. The van der Waals surface area contributed by atoms with Gasteiger partial charge in [-0.3, -0.25) is 4.79 Å². The number of hydrogen-bond donors (Lipinski definition) is 2. The fraction of sp³-hybridized carbons (Fsp3) is 0.500. The van der Waals surface area contributed by atoms with Gasteiger partial charge in [0, 0.05) is 13.1 Å². The van der Waals surface area contributed by atoms with Gasteiger partial charge < -0.3 is 24.8 Å². The van der Waals surface area contributed by atoms with Crippen molar-refractivity contribution in [2.75, 3.05) is 13.1 Å². The number of ether oxygens (including phenoxy) is 2. The molecule has 0 bridgehead atoms. The van der Waals surface area contributed by atoms with Crippen LogP contribution in [0.15, 0.2) is 30.3 Å². The lowest BCUT2D eigenvalue weighted by molar-refractivity contribution is -0.141. The molecule has 0 aromatic heterocycles. The Hall–Kier alpha value is -2.77. The van der Waals surface area contributed by atoms with Crippen molar-refractivity contribution in [1.82, 2.24) is 10.2 Å². The van der Waals surface area contributed by atoms with Crippen LogP contribution in [-0.4, -0.2) is 52.9 Å². The summed E-state index contributed by atoms with van der Waals surface area (Å²) in [7, 11) is 0. The predicted molar refractivity (Wildman–Crippen MR) is 92.5 cm³/mol. The number of aliphatic carboxylic acids is 1. The second kappa shape index (κ2) is 8.07. The molecule has 1 saturated heterocycles. The summed E-state index contributed by atoms with van der Waals surface area (Å²) in [6.07, 6.45) is -1.33. The summed E-state index contributed by atoms with van der Waals surface area (Å²) in [4.78, 5) is 36.9. The topological polar surface area (TPSA) is 105 Å². The molecule has 1 fully saturated rings. The third kappa shape index (κ3) is 5.65. The molecule has 1 heterocycles. The minimum atomic E-state index is -1.09. The van der Waals surface area contributed by atoms with Crippen molar-refractivity contribution in [2.45, 2.75) is 39.0 Å². The van der Waals surface area contributed by atoms with Crippen LogP contribution in [0.1, 0.15) is 26.3 Å². The number of rotatable bonds is 4. The average Bonchev–Trinajstić information content (AvgIpc) is 2.96. The van der Waals surface area contributed by atoms with Crippen LogP contribution in [0.5, 0.6) is 0 Å². The zero-order chi connectivity index (χ0) is 19.3. The minimum absolute atomic E-state index is 0.0339. The molecule has 0 spiro atoms. The summed E-state index contributed by atoms with van der Waals surface area (Å²) in [5.74, 6) is -2.02. The van der Waals surface area contributed by atoms with E-state index in [4.69, 9.17) is 9.47 Å². The zero-order valence-electron chi connectivity index (χ0n) is 15.1. The van der Waals surface area contributed by atoms with Gasteiger partial charge in [0.25, 0.3) is 0 Å². The fourth-order valence-corrected chi connectivity index (χ4v) is 2.59. The number of likely N-dealkylation sites (tertiary alicyclic amines) is 1. The Morgan fingerprint density at radius 2 is 1.85 bits per heavy atom. The Labute approximate surface area is 152 Å². The highest BCUT2D eigenvalue weighted by Gasteiger charge is 2.42. The van der Waals surface area contributed by atoms with Gasteiger partial charge in [-0.15, -0.1) is 0 Å². The lowest BCUT2D eigenvalue weighted by Gasteiger charge is -2.24. The Bertz CT molecular complexity index is 655. The van der Waals surface area contributed by atoms with Crippen molar-refractivity contribution in [3.8, 4) is 0 Å². The first-order valence-electron chi connectivity index (χ1n) is 8.33. The number of hydrogen-bond acceptors (Lipinski definition) is 5. The maximum absolute atomic E-state index is 12.1. The van der Waals surface area contributed by atoms with E-state index in [0.717, 1.165) is 5.56 Å². The number of carbonyl (C=O) groups excluding carboxylic acids is 2. The quantitative estimate of drug-likeness (QED) is 0.849. The van der Waals surface area contributed by atoms with Gasteiger partial charge in [0.05, 0.1) is 12.0 Å². The maximum Gasteiger partial charge on any atom is 0.410 e. The number of carbonyl (C=O) groups is 3. The summed E-state index contributed by atoms with van der Waals surface area (Å²) in [5.41, 5.74) is 0.134.